The maximum atomic E-state index is 14.6. The van der Waals surface area contributed by atoms with E-state index in [9.17, 15) is 18.0 Å². The Labute approximate surface area is 270 Å². The van der Waals surface area contributed by atoms with Gasteiger partial charge in [-0.1, -0.05) is 103 Å². The van der Waals surface area contributed by atoms with Gasteiger partial charge < -0.3 is 10.2 Å². The van der Waals surface area contributed by atoms with Crippen molar-refractivity contribution in [3.05, 3.63) is 131 Å². The number of amides is 2. The summed E-state index contributed by atoms with van der Waals surface area (Å²) in [6.07, 6.45) is 4.18. The number of carbonyl (C=O) groups is 2. The monoisotopic (exact) mass is 643 g/mol. The van der Waals surface area contributed by atoms with Crippen LogP contribution in [-0.4, -0.2) is 43.8 Å². The number of benzene rings is 4. The lowest BCUT2D eigenvalue weighted by atomic mass is 10.0. The van der Waals surface area contributed by atoms with Crippen molar-refractivity contribution in [1.29, 1.82) is 0 Å². The molecular formula is C36H38ClN3O4S. The summed E-state index contributed by atoms with van der Waals surface area (Å²) in [4.78, 5) is 30.2. The number of rotatable bonds is 12. The van der Waals surface area contributed by atoms with Gasteiger partial charge in [-0.05, 0) is 66.8 Å². The zero-order valence-electron chi connectivity index (χ0n) is 25.3. The van der Waals surface area contributed by atoms with Crippen LogP contribution in [0.4, 0.5) is 5.69 Å². The second kappa shape index (κ2) is 14.8. The van der Waals surface area contributed by atoms with Crippen molar-refractivity contribution < 1.29 is 18.0 Å². The fourth-order valence-electron chi connectivity index (χ4n) is 5.83. The van der Waals surface area contributed by atoms with Gasteiger partial charge in [-0.2, -0.15) is 0 Å². The number of nitrogens with one attached hydrogen (secondary N) is 1. The summed E-state index contributed by atoms with van der Waals surface area (Å²) in [5.41, 5.74) is 2.67. The molecule has 45 heavy (non-hydrogen) atoms. The summed E-state index contributed by atoms with van der Waals surface area (Å²) in [5.74, 6) is -0.731. The topological polar surface area (TPSA) is 86.8 Å². The van der Waals surface area contributed by atoms with Gasteiger partial charge in [0.05, 0.1) is 10.6 Å². The van der Waals surface area contributed by atoms with Crippen LogP contribution in [0.1, 0.15) is 42.4 Å². The minimum Gasteiger partial charge on any atom is -0.352 e. The summed E-state index contributed by atoms with van der Waals surface area (Å²) in [7, 11) is -4.17. The van der Waals surface area contributed by atoms with Gasteiger partial charge in [0.1, 0.15) is 12.6 Å². The van der Waals surface area contributed by atoms with Crippen molar-refractivity contribution in [3.63, 3.8) is 0 Å². The van der Waals surface area contributed by atoms with Gasteiger partial charge in [0.2, 0.25) is 11.8 Å². The Morgan fingerprint density at radius 1 is 0.844 bits per heavy atom. The predicted molar refractivity (Wildman–Crippen MR) is 178 cm³/mol. The van der Waals surface area contributed by atoms with Crippen LogP contribution in [0.2, 0.25) is 5.02 Å². The molecule has 1 aliphatic rings. The summed E-state index contributed by atoms with van der Waals surface area (Å²) < 4.78 is 29.4. The van der Waals surface area contributed by atoms with Gasteiger partial charge in [-0.25, -0.2) is 8.42 Å². The molecule has 1 atom stereocenters. The number of hydrogen-bond acceptors (Lipinski definition) is 4. The number of hydrogen-bond donors (Lipinski definition) is 1. The van der Waals surface area contributed by atoms with Crippen LogP contribution >= 0.6 is 11.6 Å². The van der Waals surface area contributed by atoms with E-state index in [1.807, 2.05) is 60.7 Å². The molecular weight excluding hydrogens is 606 g/mol. The SMILES string of the molecule is Cc1cc(Cl)ccc1N(CC(=O)N(Cc1ccccc1)[C@H](Cc1ccccc1)C(=O)NC1CCCC1)S(=O)(=O)c1ccccc1. The molecule has 2 amide bonds. The zero-order valence-corrected chi connectivity index (χ0v) is 26.9. The highest BCUT2D eigenvalue weighted by atomic mass is 35.5. The van der Waals surface area contributed by atoms with Crippen molar-refractivity contribution in [2.75, 3.05) is 10.8 Å². The molecule has 234 valence electrons. The van der Waals surface area contributed by atoms with Crippen LogP contribution in [-0.2, 0) is 32.6 Å². The highest BCUT2D eigenvalue weighted by Gasteiger charge is 2.36. The van der Waals surface area contributed by atoms with E-state index in [2.05, 4.69) is 5.32 Å². The van der Waals surface area contributed by atoms with Gasteiger partial charge >= 0.3 is 0 Å². The quantitative estimate of drug-likeness (QED) is 0.190. The molecule has 4 aromatic rings. The number of sulfonamides is 1. The Kier molecular flexibility index (Phi) is 10.6. The fourth-order valence-corrected chi connectivity index (χ4v) is 7.56. The second-order valence-corrected chi connectivity index (χ2v) is 13.8. The number of carbonyl (C=O) groups excluding carboxylic acids is 2. The Balaban J connectivity index is 1.57. The first-order chi connectivity index (χ1) is 21.7. The van der Waals surface area contributed by atoms with Crippen molar-refractivity contribution in [1.82, 2.24) is 10.2 Å². The number of nitrogens with zero attached hydrogens (tertiary/aromatic N) is 2. The number of aryl methyl sites for hydroxylation is 1. The van der Waals surface area contributed by atoms with Gasteiger partial charge in [-0.15, -0.1) is 0 Å². The predicted octanol–water partition coefficient (Wildman–Crippen LogP) is 6.54. The van der Waals surface area contributed by atoms with Crippen molar-refractivity contribution in [2.24, 2.45) is 0 Å². The molecule has 0 radical (unpaired) electrons. The molecule has 7 nitrogen and oxygen atoms in total. The lowest BCUT2D eigenvalue weighted by Gasteiger charge is -2.34. The van der Waals surface area contributed by atoms with Crippen LogP contribution in [0.3, 0.4) is 0 Å². The molecule has 0 aromatic heterocycles. The van der Waals surface area contributed by atoms with E-state index in [1.165, 1.54) is 17.0 Å². The molecule has 1 fully saturated rings. The lowest BCUT2D eigenvalue weighted by Crippen LogP contribution is -2.54. The number of anilines is 1. The van der Waals surface area contributed by atoms with Crippen LogP contribution in [0, 0.1) is 6.92 Å². The number of halogens is 1. The summed E-state index contributed by atoms with van der Waals surface area (Å²) in [6.45, 7) is 1.39. The molecule has 0 unspecified atom stereocenters. The first-order valence-corrected chi connectivity index (χ1v) is 17.1. The van der Waals surface area contributed by atoms with E-state index < -0.39 is 28.5 Å². The Morgan fingerprint density at radius 3 is 2.02 bits per heavy atom. The highest BCUT2D eigenvalue weighted by molar-refractivity contribution is 7.92. The standard InChI is InChI=1S/C36H38ClN3O4S/c1-27-23-30(37)21-22-33(27)40(45(43,44)32-19-9-4-10-20-32)26-35(41)39(25-29-15-7-3-8-16-29)34(24-28-13-5-2-6-14-28)36(42)38-31-17-11-12-18-31/h2-10,13-16,19-23,31,34H,11-12,17-18,24-26H2,1H3,(H,38,42)/t34-/m1/s1. The van der Waals surface area contributed by atoms with Crippen LogP contribution in [0.15, 0.2) is 114 Å². The van der Waals surface area contributed by atoms with Gasteiger partial charge in [0.25, 0.3) is 10.0 Å². The molecule has 1 saturated carbocycles. The highest BCUT2D eigenvalue weighted by Crippen LogP contribution is 2.30. The van der Waals surface area contributed by atoms with E-state index in [0.29, 0.717) is 16.3 Å². The molecule has 1 aliphatic carbocycles. The first kappa shape index (κ1) is 32.3. The van der Waals surface area contributed by atoms with Crippen LogP contribution < -0.4 is 9.62 Å². The maximum absolute atomic E-state index is 14.6. The third kappa shape index (κ3) is 8.12. The fraction of sp³-hybridized carbons (Fsp3) is 0.278. The largest absolute Gasteiger partial charge is 0.352 e. The molecule has 5 rings (SSSR count). The second-order valence-electron chi connectivity index (χ2n) is 11.5. The van der Waals surface area contributed by atoms with Crippen LogP contribution in [0.5, 0.6) is 0 Å². The molecule has 0 saturated heterocycles. The summed E-state index contributed by atoms with van der Waals surface area (Å²) in [5, 5.41) is 3.65. The van der Waals surface area contributed by atoms with Gasteiger partial charge in [0, 0.05) is 24.0 Å². The summed E-state index contributed by atoms with van der Waals surface area (Å²) in [6, 6.07) is 31.2. The van der Waals surface area contributed by atoms with Gasteiger partial charge in [0.15, 0.2) is 0 Å². The molecule has 9 heteroatoms. The first-order valence-electron chi connectivity index (χ1n) is 15.2. The normalized spacial score (nSPS) is 14.1. The van der Waals surface area contributed by atoms with E-state index >= 15 is 0 Å². The average molecular weight is 644 g/mol. The van der Waals surface area contributed by atoms with Crippen LogP contribution in [0.25, 0.3) is 0 Å². The molecule has 0 heterocycles. The van der Waals surface area contributed by atoms with E-state index in [-0.39, 0.29) is 29.8 Å². The maximum Gasteiger partial charge on any atom is 0.264 e. The van der Waals surface area contributed by atoms with Crippen molar-refractivity contribution in [2.45, 2.75) is 62.6 Å². The lowest BCUT2D eigenvalue weighted by molar-refractivity contribution is -0.140. The van der Waals surface area contributed by atoms with E-state index in [0.717, 1.165) is 41.1 Å². The molecule has 1 N–H and O–H groups in total. The Bertz CT molecular complexity index is 1700. The van der Waals surface area contributed by atoms with E-state index in [1.54, 1.807) is 43.3 Å². The average Bonchev–Trinajstić information content (AvgIpc) is 3.56. The third-order valence-electron chi connectivity index (χ3n) is 8.21. The van der Waals surface area contributed by atoms with Gasteiger partial charge in [-0.3, -0.25) is 13.9 Å². The smallest absolute Gasteiger partial charge is 0.264 e. The minimum absolute atomic E-state index is 0.0520. The third-order valence-corrected chi connectivity index (χ3v) is 10.2. The molecule has 4 aromatic carbocycles. The Morgan fingerprint density at radius 2 is 1.42 bits per heavy atom. The summed E-state index contributed by atoms with van der Waals surface area (Å²) >= 11 is 6.23. The zero-order chi connectivity index (χ0) is 31.8. The Hall–Kier alpha value is -4.14. The van der Waals surface area contributed by atoms with Crippen molar-refractivity contribution >= 4 is 39.1 Å². The molecule has 0 aliphatic heterocycles. The van der Waals surface area contributed by atoms with E-state index in [4.69, 9.17) is 11.6 Å². The molecule has 0 spiro atoms. The molecule has 0 bridgehead atoms. The van der Waals surface area contributed by atoms with Crippen molar-refractivity contribution in [3.8, 4) is 0 Å². The minimum atomic E-state index is -4.17.